The molecule has 14 heavy (non-hydrogen) atoms. The van der Waals surface area contributed by atoms with Crippen LogP contribution in [0.5, 0.6) is 0 Å². The first-order valence-electron chi connectivity index (χ1n) is 5.26. The van der Waals surface area contributed by atoms with E-state index in [0.29, 0.717) is 0 Å². The lowest BCUT2D eigenvalue weighted by Crippen LogP contribution is -2.09. The molecule has 2 N–H and O–H groups in total. The molecular weight excluding hydrogens is 190 g/mol. The first-order valence-corrected chi connectivity index (χ1v) is 6.24. The van der Waals surface area contributed by atoms with Crippen molar-refractivity contribution in [3.63, 3.8) is 0 Å². The van der Waals surface area contributed by atoms with E-state index in [4.69, 9.17) is 5.73 Å². The molecule has 1 aromatic carbocycles. The lowest BCUT2D eigenvalue weighted by Gasteiger charge is -2.11. The Hall–Kier alpha value is -0.470. The second kappa shape index (κ2) is 6.10. The molecule has 0 aromatic heterocycles. The van der Waals surface area contributed by atoms with Crippen molar-refractivity contribution in [1.82, 2.24) is 0 Å². The van der Waals surface area contributed by atoms with Crippen LogP contribution < -0.4 is 5.73 Å². The maximum absolute atomic E-state index is 6.06. The highest BCUT2D eigenvalue weighted by atomic mass is 32.2. The van der Waals surface area contributed by atoms with Crippen LogP contribution in [0.2, 0.25) is 0 Å². The van der Waals surface area contributed by atoms with Crippen LogP contribution in [0.15, 0.2) is 29.2 Å². The maximum atomic E-state index is 6.06. The normalized spacial score (nSPS) is 12.8. The van der Waals surface area contributed by atoms with Gasteiger partial charge in [0.25, 0.3) is 0 Å². The molecule has 0 aliphatic rings. The van der Waals surface area contributed by atoms with E-state index in [1.165, 1.54) is 10.5 Å². The molecule has 2 heteroatoms. The number of nitrogens with two attached hydrogens (primary N) is 1. The third-order valence-electron chi connectivity index (χ3n) is 2.20. The van der Waals surface area contributed by atoms with E-state index in [9.17, 15) is 0 Å². The van der Waals surface area contributed by atoms with Crippen LogP contribution in [0.1, 0.15) is 38.3 Å². The Labute approximate surface area is 91.1 Å². The van der Waals surface area contributed by atoms with E-state index < -0.39 is 0 Å². The average Bonchev–Trinajstić information content (AvgIpc) is 2.19. The number of rotatable bonds is 5. The van der Waals surface area contributed by atoms with Crippen molar-refractivity contribution in [1.29, 1.82) is 0 Å². The minimum atomic E-state index is 0.206. The summed E-state index contributed by atoms with van der Waals surface area (Å²) in [5.74, 6) is 1.12. The fraction of sp³-hybridized carbons (Fsp3) is 0.500. The van der Waals surface area contributed by atoms with Gasteiger partial charge in [-0.2, -0.15) is 0 Å². The topological polar surface area (TPSA) is 26.0 Å². The molecule has 0 saturated carbocycles. The van der Waals surface area contributed by atoms with Gasteiger partial charge < -0.3 is 5.73 Å². The number of hydrogen-bond acceptors (Lipinski definition) is 2. The van der Waals surface area contributed by atoms with Crippen molar-refractivity contribution in [2.45, 2.75) is 37.6 Å². The van der Waals surface area contributed by atoms with Crippen LogP contribution >= 0.6 is 11.8 Å². The molecule has 78 valence electrons. The summed E-state index contributed by atoms with van der Waals surface area (Å²) in [4.78, 5) is 1.33. The fourth-order valence-corrected chi connectivity index (χ4v) is 2.21. The van der Waals surface area contributed by atoms with Crippen molar-refractivity contribution < 1.29 is 0 Å². The van der Waals surface area contributed by atoms with Crippen LogP contribution in [0, 0.1) is 0 Å². The number of thioether (sulfide) groups is 1. The van der Waals surface area contributed by atoms with Gasteiger partial charge in [-0.25, -0.2) is 0 Å². The van der Waals surface area contributed by atoms with Crippen molar-refractivity contribution in [3.05, 3.63) is 29.8 Å². The second-order valence-corrected chi connectivity index (χ2v) is 4.74. The molecule has 1 nitrogen and oxygen atoms in total. The van der Waals surface area contributed by atoms with Gasteiger partial charge in [-0.3, -0.25) is 0 Å². The zero-order chi connectivity index (χ0) is 10.4. The average molecular weight is 209 g/mol. The van der Waals surface area contributed by atoms with E-state index in [1.807, 2.05) is 11.8 Å². The minimum Gasteiger partial charge on any atom is -0.324 e. The van der Waals surface area contributed by atoms with Crippen LogP contribution in [0.4, 0.5) is 0 Å². The van der Waals surface area contributed by atoms with Gasteiger partial charge in [-0.15, -0.1) is 11.8 Å². The largest absolute Gasteiger partial charge is 0.324 e. The summed E-state index contributed by atoms with van der Waals surface area (Å²) in [7, 11) is 0. The fourth-order valence-electron chi connectivity index (χ4n) is 1.48. The predicted molar refractivity (Wildman–Crippen MR) is 64.7 cm³/mol. The highest BCUT2D eigenvalue weighted by molar-refractivity contribution is 7.99. The summed E-state index contributed by atoms with van der Waals surface area (Å²) < 4.78 is 0. The molecule has 0 aliphatic heterocycles. The second-order valence-electron chi connectivity index (χ2n) is 3.40. The Kier molecular flexibility index (Phi) is 5.05. The molecule has 0 heterocycles. The number of hydrogen-bond donors (Lipinski definition) is 1. The molecule has 1 unspecified atom stereocenters. The zero-order valence-corrected chi connectivity index (χ0v) is 9.81. The molecule has 0 amide bonds. The lowest BCUT2D eigenvalue weighted by atomic mass is 10.0. The third-order valence-corrected chi connectivity index (χ3v) is 3.07. The first-order chi connectivity index (χ1) is 6.77. The lowest BCUT2D eigenvalue weighted by molar-refractivity contribution is 0.637. The van der Waals surface area contributed by atoms with E-state index in [0.717, 1.165) is 18.6 Å². The van der Waals surface area contributed by atoms with Gasteiger partial charge in [0.05, 0.1) is 0 Å². The van der Waals surface area contributed by atoms with Gasteiger partial charge in [0.2, 0.25) is 0 Å². The zero-order valence-electron chi connectivity index (χ0n) is 8.99. The standard InChI is InChI=1S/C12H19NS/c1-3-6-12(13)10-7-5-8-11(9-10)14-4-2/h5,7-9,12H,3-4,6,13H2,1-2H3. The molecule has 0 bridgehead atoms. The van der Waals surface area contributed by atoms with Gasteiger partial charge >= 0.3 is 0 Å². The van der Waals surface area contributed by atoms with Gasteiger partial charge in [0, 0.05) is 10.9 Å². The Morgan fingerprint density at radius 3 is 2.79 bits per heavy atom. The van der Waals surface area contributed by atoms with Crippen molar-refractivity contribution in [2.75, 3.05) is 5.75 Å². The van der Waals surface area contributed by atoms with E-state index in [2.05, 4.69) is 38.1 Å². The third kappa shape index (κ3) is 3.35. The van der Waals surface area contributed by atoms with Crippen LogP contribution in [0.3, 0.4) is 0 Å². The molecule has 1 aromatic rings. The Bertz CT molecular complexity index is 273. The monoisotopic (exact) mass is 209 g/mol. The summed E-state index contributed by atoms with van der Waals surface area (Å²) in [6.45, 7) is 4.34. The molecular formula is C12H19NS. The summed E-state index contributed by atoms with van der Waals surface area (Å²) in [6.07, 6.45) is 2.21. The maximum Gasteiger partial charge on any atom is 0.0295 e. The molecule has 1 atom stereocenters. The van der Waals surface area contributed by atoms with Crippen molar-refractivity contribution >= 4 is 11.8 Å². The Morgan fingerprint density at radius 1 is 1.36 bits per heavy atom. The Balaban J connectivity index is 2.71. The van der Waals surface area contributed by atoms with Crippen LogP contribution in [-0.2, 0) is 0 Å². The van der Waals surface area contributed by atoms with Crippen LogP contribution in [-0.4, -0.2) is 5.75 Å². The molecule has 0 saturated heterocycles. The quantitative estimate of drug-likeness (QED) is 0.750. The van der Waals surface area contributed by atoms with Crippen molar-refractivity contribution in [3.8, 4) is 0 Å². The summed E-state index contributed by atoms with van der Waals surface area (Å²) >= 11 is 1.87. The number of benzene rings is 1. The first kappa shape index (κ1) is 11.6. The van der Waals surface area contributed by atoms with Crippen LogP contribution in [0.25, 0.3) is 0 Å². The highest BCUT2D eigenvalue weighted by Crippen LogP contribution is 2.23. The summed E-state index contributed by atoms with van der Waals surface area (Å²) in [6, 6.07) is 8.80. The smallest absolute Gasteiger partial charge is 0.0295 e. The predicted octanol–water partition coefficient (Wildman–Crippen LogP) is 3.60. The van der Waals surface area contributed by atoms with E-state index in [-0.39, 0.29) is 6.04 Å². The van der Waals surface area contributed by atoms with Gasteiger partial charge in [0.15, 0.2) is 0 Å². The molecule has 1 rings (SSSR count). The molecule has 0 aliphatic carbocycles. The molecule has 0 radical (unpaired) electrons. The van der Waals surface area contributed by atoms with E-state index in [1.54, 1.807) is 0 Å². The van der Waals surface area contributed by atoms with Crippen molar-refractivity contribution in [2.24, 2.45) is 5.73 Å². The highest BCUT2D eigenvalue weighted by Gasteiger charge is 2.04. The minimum absolute atomic E-state index is 0.206. The van der Waals surface area contributed by atoms with Gasteiger partial charge in [-0.05, 0) is 29.9 Å². The SMILES string of the molecule is CCCC(N)c1cccc(SCC)c1. The van der Waals surface area contributed by atoms with Gasteiger partial charge in [0.1, 0.15) is 0 Å². The molecule has 0 fully saturated rings. The molecule has 0 spiro atoms. The Morgan fingerprint density at radius 2 is 2.14 bits per heavy atom. The van der Waals surface area contributed by atoms with E-state index >= 15 is 0 Å². The summed E-state index contributed by atoms with van der Waals surface area (Å²) in [5, 5.41) is 0. The van der Waals surface area contributed by atoms with Gasteiger partial charge in [-0.1, -0.05) is 32.4 Å². The summed E-state index contributed by atoms with van der Waals surface area (Å²) in [5.41, 5.74) is 7.33.